The fraction of sp³-hybridized carbons (Fsp3) is 0.143. The van der Waals surface area contributed by atoms with Gasteiger partial charge in [-0.2, -0.15) is 0 Å². The first-order chi connectivity index (χ1) is 4.63. The van der Waals surface area contributed by atoms with Crippen molar-refractivity contribution in [1.29, 1.82) is 0 Å². The number of carbonyl (C=O) groups excluding carboxylic acids is 2. The highest BCUT2D eigenvalue weighted by Gasteiger charge is 2.13. The second-order valence-corrected chi connectivity index (χ2v) is 2.31. The Kier molecular flexibility index (Phi) is 1.58. The lowest BCUT2D eigenvalue weighted by Crippen LogP contribution is -2.12. The number of hydrogen-bond donors (Lipinski definition) is 0. The van der Waals surface area contributed by atoms with Crippen molar-refractivity contribution in [3.05, 3.63) is 23.2 Å². The Labute approximate surface area is 60.0 Å². The summed E-state index contributed by atoms with van der Waals surface area (Å²) in [5.41, 5.74) is 1.13. The van der Waals surface area contributed by atoms with E-state index in [0.29, 0.717) is 11.0 Å². The second kappa shape index (κ2) is 2.25. The van der Waals surface area contributed by atoms with Gasteiger partial charge in [0.1, 0.15) is 7.85 Å². The Hall–Kier alpha value is -1.12. The predicted molar refractivity (Wildman–Crippen MR) is 40.4 cm³/mol. The van der Waals surface area contributed by atoms with Crippen molar-refractivity contribution < 1.29 is 9.59 Å². The van der Waals surface area contributed by atoms with Crippen LogP contribution in [0.5, 0.6) is 0 Å². The van der Waals surface area contributed by atoms with Gasteiger partial charge in [0.15, 0.2) is 11.6 Å². The van der Waals surface area contributed by atoms with E-state index < -0.39 is 0 Å². The largest absolute Gasteiger partial charge is 0.291 e. The monoisotopic (exact) mass is 134 g/mol. The van der Waals surface area contributed by atoms with E-state index in [1.165, 1.54) is 12.2 Å². The van der Waals surface area contributed by atoms with E-state index in [-0.39, 0.29) is 11.6 Å². The minimum absolute atomic E-state index is 0.0582. The molecule has 1 aliphatic carbocycles. The summed E-state index contributed by atoms with van der Waals surface area (Å²) in [4.78, 5) is 21.7. The smallest absolute Gasteiger partial charge is 0.181 e. The molecule has 0 spiro atoms. The van der Waals surface area contributed by atoms with Crippen LogP contribution in [0, 0.1) is 0 Å². The number of carbonyl (C=O) groups is 2. The molecule has 0 amide bonds. The lowest BCUT2D eigenvalue weighted by atomic mass is 9.82. The molecule has 10 heavy (non-hydrogen) atoms. The Balaban J connectivity index is 3.12. The highest BCUT2D eigenvalue weighted by molar-refractivity contribution is 6.43. The summed E-state index contributed by atoms with van der Waals surface area (Å²) in [5, 5.41) is 0. The Morgan fingerprint density at radius 3 is 2.20 bits per heavy atom. The topological polar surface area (TPSA) is 34.1 Å². The van der Waals surface area contributed by atoms with Gasteiger partial charge in [-0.15, -0.1) is 0 Å². The summed E-state index contributed by atoms with van der Waals surface area (Å²) >= 11 is 0. The maximum absolute atomic E-state index is 10.9. The van der Waals surface area contributed by atoms with Crippen LogP contribution in [-0.2, 0) is 9.59 Å². The third-order valence-electron chi connectivity index (χ3n) is 1.69. The standard InChI is InChI=1S/C7H7BO2/c1-4-5(9)2-3-6(10)7(4)8/h2-3H,8H2,1H3. The average molecular weight is 134 g/mol. The maximum atomic E-state index is 10.9. The quantitative estimate of drug-likeness (QED) is 0.333. The normalized spacial score (nSPS) is 18.5. The highest BCUT2D eigenvalue weighted by Crippen LogP contribution is 2.09. The summed E-state index contributed by atoms with van der Waals surface area (Å²) in [6, 6.07) is 0. The van der Waals surface area contributed by atoms with Crippen molar-refractivity contribution in [2.24, 2.45) is 0 Å². The number of allylic oxidation sites excluding steroid dienone is 4. The number of ketones is 2. The van der Waals surface area contributed by atoms with Crippen LogP contribution in [0.4, 0.5) is 0 Å². The molecule has 0 fully saturated rings. The van der Waals surface area contributed by atoms with Gasteiger partial charge in [0.05, 0.1) is 0 Å². The van der Waals surface area contributed by atoms with Crippen LogP contribution in [0.1, 0.15) is 6.92 Å². The van der Waals surface area contributed by atoms with E-state index in [1.807, 2.05) is 0 Å². The molecule has 0 saturated heterocycles. The highest BCUT2D eigenvalue weighted by atomic mass is 16.1. The summed E-state index contributed by atoms with van der Waals surface area (Å²) in [5.74, 6) is -0.116. The molecular formula is C7H7BO2. The summed E-state index contributed by atoms with van der Waals surface area (Å²) in [7, 11) is 1.67. The summed E-state index contributed by atoms with van der Waals surface area (Å²) in [6.45, 7) is 1.67. The zero-order valence-electron chi connectivity index (χ0n) is 5.97. The van der Waals surface area contributed by atoms with E-state index in [2.05, 4.69) is 0 Å². The summed E-state index contributed by atoms with van der Waals surface area (Å²) < 4.78 is 0. The third kappa shape index (κ3) is 0.945. The van der Waals surface area contributed by atoms with E-state index in [0.717, 1.165) is 0 Å². The molecular weight excluding hydrogens is 127 g/mol. The van der Waals surface area contributed by atoms with Crippen molar-refractivity contribution in [2.75, 3.05) is 0 Å². The molecule has 0 unspecified atom stereocenters. The molecule has 0 saturated carbocycles. The SMILES string of the molecule is BC1=C(C)C(=O)C=CC1=O. The fourth-order valence-corrected chi connectivity index (χ4v) is 0.771. The van der Waals surface area contributed by atoms with Gasteiger partial charge in [-0.3, -0.25) is 9.59 Å². The van der Waals surface area contributed by atoms with Gasteiger partial charge in [-0.1, -0.05) is 0 Å². The van der Waals surface area contributed by atoms with Gasteiger partial charge in [0.2, 0.25) is 0 Å². The average Bonchev–Trinajstić information content (AvgIpc) is 1.93. The van der Waals surface area contributed by atoms with Crippen LogP contribution < -0.4 is 0 Å². The molecule has 0 atom stereocenters. The van der Waals surface area contributed by atoms with Crippen LogP contribution in [0.15, 0.2) is 23.2 Å². The summed E-state index contributed by atoms with van der Waals surface area (Å²) in [6.07, 6.45) is 2.62. The van der Waals surface area contributed by atoms with E-state index in [9.17, 15) is 9.59 Å². The molecule has 0 aromatic heterocycles. The van der Waals surface area contributed by atoms with Crippen molar-refractivity contribution in [2.45, 2.75) is 6.92 Å². The Morgan fingerprint density at radius 2 is 1.70 bits per heavy atom. The minimum Gasteiger partial charge on any atom is -0.291 e. The van der Waals surface area contributed by atoms with Gasteiger partial charge in [-0.05, 0) is 30.1 Å². The fourth-order valence-electron chi connectivity index (χ4n) is 0.771. The molecule has 2 nitrogen and oxygen atoms in total. The van der Waals surface area contributed by atoms with Crippen LogP contribution in [0.3, 0.4) is 0 Å². The minimum atomic E-state index is -0.0582. The predicted octanol–water partition coefficient (Wildman–Crippen LogP) is -0.399. The maximum Gasteiger partial charge on any atom is 0.181 e. The van der Waals surface area contributed by atoms with Crippen molar-refractivity contribution in [3.63, 3.8) is 0 Å². The molecule has 0 N–H and O–H groups in total. The first-order valence-electron chi connectivity index (χ1n) is 3.07. The van der Waals surface area contributed by atoms with Crippen LogP contribution in [-0.4, -0.2) is 19.4 Å². The van der Waals surface area contributed by atoms with Crippen molar-refractivity contribution in [3.8, 4) is 0 Å². The van der Waals surface area contributed by atoms with E-state index >= 15 is 0 Å². The van der Waals surface area contributed by atoms with Crippen LogP contribution in [0.2, 0.25) is 0 Å². The Bertz CT molecular complexity index is 235. The zero-order chi connectivity index (χ0) is 7.72. The Morgan fingerprint density at radius 1 is 1.20 bits per heavy atom. The molecule has 0 radical (unpaired) electrons. The van der Waals surface area contributed by atoms with E-state index in [4.69, 9.17) is 0 Å². The molecule has 0 aliphatic heterocycles. The molecule has 50 valence electrons. The molecule has 0 heterocycles. The van der Waals surface area contributed by atoms with E-state index in [1.54, 1.807) is 14.8 Å². The second-order valence-electron chi connectivity index (χ2n) is 2.31. The van der Waals surface area contributed by atoms with Crippen molar-refractivity contribution in [1.82, 2.24) is 0 Å². The molecule has 0 aromatic carbocycles. The molecule has 0 bridgehead atoms. The first-order valence-corrected chi connectivity index (χ1v) is 3.07. The van der Waals surface area contributed by atoms with Crippen LogP contribution in [0.25, 0.3) is 0 Å². The van der Waals surface area contributed by atoms with Gasteiger partial charge in [-0.25, -0.2) is 0 Å². The number of rotatable bonds is 0. The number of hydrogen-bond acceptors (Lipinski definition) is 2. The van der Waals surface area contributed by atoms with Gasteiger partial charge in [0, 0.05) is 0 Å². The third-order valence-corrected chi connectivity index (χ3v) is 1.69. The van der Waals surface area contributed by atoms with Gasteiger partial charge in [0.25, 0.3) is 0 Å². The van der Waals surface area contributed by atoms with Crippen LogP contribution >= 0.6 is 0 Å². The zero-order valence-corrected chi connectivity index (χ0v) is 5.97. The molecule has 3 heteroatoms. The first kappa shape index (κ1) is 7.00. The van der Waals surface area contributed by atoms with Gasteiger partial charge >= 0.3 is 0 Å². The van der Waals surface area contributed by atoms with Crippen molar-refractivity contribution >= 4 is 19.4 Å². The molecule has 1 aliphatic rings. The molecule has 0 aromatic rings. The lowest BCUT2D eigenvalue weighted by molar-refractivity contribution is -0.114. The molecule has 1 rings (SSSR count). The van der Waals surface area contributed by atoms with Gasteiger partial charge < -0.3 is 0 Å². The lowest BCUT2D eigenvalue weighted by Gasteiger charge is -2.05.